The fourth-order valence-corrected chi connectivity index (χ4v) is 2.74. The molecule has 3 nitrogen and oxygen atoms in total. The Kier molecular flexibility index (Phi) is 9.27. The average Bonchev–Trinajstić information content (AvgIpc) is 2.54. The van der Waals surface area contributed by atoms with E-state index in [1.54, 1.807) is 0 Å². The maximum atomic E-state index is 12.2. The Morgan fingerprint density at radius 3 is 2.39 bits per heavy atom. The third-order valence-electron chi connectivity index (χ3n) is 4.24. The van der Waals surface area contributed by atoms with E-state index in [0.29, 0.717) is 12.3 Å². The second-order valence-electron chi connectivity index (χ2n) is 6.63. The number of likely N-dealkylation sites (tertiary alicyclic amines) is 1. The number of benzene rings is 1. The molecule has 23 heavy (non-hydrogen) atoms. The van der Waals surface area contributed by atoms with E-state index in [1.807, 2.05) is 24.3 Å². The van der Waals surface area contributed by atoms with Crippen LogP contribution in [0.1, 0.15) is 56.3 Å². The molecule has 1 aromatic carbocycles. The highest BCUT2D eigenvalue weighted by atomic mass is 35.5. The summed E-state index contributed by atoms with van der Waals surface area (Å²) in [6.07, 6.45) is 5.56. The molecule has 1 heterocycles. The van der Waals surface area contributed by atoms with E-state index in [4.69, 9.17) is 4.74 Å². The van der Waals surface area contributed by atoms with Crippen LogP contribution in [0, 0.1) is 5.92 Å². The van der Waals surface area contributed by atoms with E-state index in [-0.39, 0.29) is 18.2 Å². The van der Waals surface area contributed by atoms with Crippen molar-refractivity contribution in [3.05, 3.63) is 29.8 Å². The van der Waals surface area contributed by atoms with Crippen molar-refractivity contribution in [3.63, 3.8) is 0 Å². The number of nitrogens with zero attached hydrogens (tertiary/aromatic N) is 1. The minimum absolute atomic E-state index is 0. The van der Waals surface area contributed by atoms with Crippen molar-refractivity contribution in [1.82, 2.24) is 4.90 Å². The Morgan fingerprint density at radius 2 is 1.78 bits per heavy atom. The molecule has 0 atom stereocenters. The van der Waals surface area contributed by atoms with Gasteiger partial charge in [-0.15, -0.1) is 12.4 Å². The molecule has 2 rings (SSSR count). The number of hydrogen-bond donors (Lipinski definition) is 0. The van der Waals surface area contributed by atoms with E-state index in [9.17, 15) is 4.79 Å². The fourth-order valence-electron chi connectivity index (χ4n) is 2.74. The molecule has 130 valence electrons. The SMILES string of the molecule is CC(C)CCOc1ccc(C(=O)CCN2CCCCC2)cc1.Cl. The summed E-state index contributed by atoms with van der Waals surface area (Å²) in [6.45, 7) is 8.30. The molecule has 0 saturated carbocycles. The topological polar surface area (TPSA) is 29.5 Å². The van der Waals surface area contributed by atoms with Crippen LogP contribution >= 0.6 is 12.4 Å². The van der Waals surface area contributed by atoms with Crippen molar-refractivity contribution >= 4 is 18.2 Å². The first-order valence-corrected chi connectivity index (χ1v) is 8.63. The summed E-state index contributed by atoms with van der Waals surface area (Å²) < 4.78 is 5.69. The van der Waals surface area contributed by atoms with E-state index >= 15 is 0 Å². The third-order valence-corrected chi connectivity index (χ3v) is 4.24. The number of carbonyl (C=O) groups is 1. The van der Waals surface area contributed by atoms with Crippen LogP contribution < -0.4 is 4.74 Å². The zero-order valence-electron chi connectivity index (χ0n) is 14.4. The first-order valence-electron chi connectivity index (χ1n) is 8.63. The van der Waals surface area contributed by atoms with Gasteiger partial charge in [0.15, 0.2) is 5.78 Å². The lowest BCUT2D eigenvalue weighted by atomic mass is 10.1. The summed E-state index contributed by atoms with van der Waals surface area (Å²) in [7, 11) is 0. The van der Waals surface area contributed by atoms with Gasteiger partial charge in [0.2, 0.25) is 0 Å². The van der Waals surface area contributed by atoms with E-state index in [2.05, 4.69) is 18.7 Å². The predicted octanol–water partition coefficient (Wildman–Crippen LogP) is 4.59. The number of ether oxygens (including phenoxy) is 1. The first-order chi connectivity index (χ1) is 10.6. The van der Waals surface area contributed by atoms with Gasteiger partial charge in [0.05, 0.1) is 6.61 Å². The van der Waals surface area contributed by atoms with Crippen LogP contribution in [0.4, 0.5) is 0 Å². The standard InChI is InChI=1S/C19H29NO2.ClH/c1-16(2)11-15-22-18-8-6-17(7-9-18)19(21)10-14-20-12-4-3-5-13-20;/h6-9,16H,3-5,10-15H2,1-2H3;1H. The van der Waals surface area contributed by atoms with E-state index in [1.165, 1.54) is 19.3 Å². The van der Waals surface area contributed by atoms with E-state index < -0.39 is 0 Å². The fraction of sp³-hybridized carbons (Fsp3) is 0.632. The van der Waals surface area contributed by atoms with Crippen LogP contribution in [0.2, 0.25) is 0 Å². The van der Waals surface area contributed by atoms with Crippen molar-refractivity contribution in [2.75, 3.05) is 26.2 Å². The minimum Gasteiger partial charge on any atom is -0.494 e. The van der Waals surface area contributed by atoms with Crippen LogP contribution in [0.5, 0.6) is 5.75 Å². The molecule has 1 aliphatic heterocycles. The Hall–Kier alpha value is -1.06. The van der Waals surface area contributed by atoms with Gasteiger partial charge < -0.3 is 9.64 Å². The zero-order chi connectivity index (χ0) is 15.8. The lowest BCUT2D eigenvalue weighted by Gasteiger charge is -2.25. The Balaban J connectivity index is 0.00000264. The zero-order valence-corrected chi connectivity index (χ0v) is 15.2. The number of ketones is 1. The summed E-state index contributed by atoms with van der Waals surface area (Å²) in [5, 5.41) is 0. The monoisotopic (exact) mass is 339 g/mol. The third kappa shape index (κ3) is 7.36. The molecule has 0 aromatic heterocycles. The van der Waals surface area contributed by atoms with Gasteiger partial charge in [-0.2, -0.15) is 0 Å². The quantitative estimate of drug-likeness (QED) is 0.649. The van der Waals surface area contributed by atoms with Gasteiger partial charge in [-0.05, 0) is 62.5 Å². The lowest BCUT2D eigenvalue weighted by Crippen LogP contribution is -2.31. The van der Waals surface area contributed by atoms with E-state index in [0.717, 1.165) is 44.0 Å². The molecule has 0 radical (unpaired) electrons. The summed E-state index contributed by atoms with van der Waals surface area (Å²) in [4.78, 5) is 14.6. The van der Waals surface area contributed by atoms with Gasteiger partial charge in [0.1, 0.15) is 5.75 Å². The van der Waals surface area contributed by atoms with Crippen molar-refractivity contribution in [1.29, 1.82) is 0 Å². The highest BCUT2D eigenvalue weighted by Crippen LogP contribution is 2.15. The van der Waals surface area contributed by atoms with Crippen LogP contribution in [0.25, 0.3) is 0 Å². The maximum absolute atomic E-state index is 12.2. The van der Waals surface area contributed by atoms with Crippen molar-refractivity contribution < 1.29 is 9.53 Å². The minimum atomic E-state index is 0. The Labute approximate surface area is 146 Å². The van der Waals surface area contributed by atoms with Crippen molar-refractivity contribution in [2.24, 2.45) is 5.92 Å². The van der Waals surface area contributed by atoms with Crippen molar-refractivity contribution in [2.45, 2.75) is 46.0 Å². The molecule has 1 aliphatic rings. The Bertz CT molecular complexity index is 453. The molecule has 0 spiro atoms. The summed E-state index contributed by atoms with van der Waals surface area (Å²) in [6, 6.07) is 7.61. The average molecular weight is 340 g/mol. The maximum Gasteiger partial charge on any atom is 0.164 e. The van der Waals surface area contributed by atoms with Gasteiger partial charge in [-0.25, -0.2) is 0 Å². The largest absolute Gasteiger partial charge is 0.494 e. The molecule has 4 heteroatoms. The second kappa shape index (κ2) is 10.7. The number of rotatable bonds is 8. The first kappa shape index (κ1) is 20.0. The van der Waals surface area contributed by atoms with Crippen LogP contribution in [0.15, 0.2) is 24.3 Å². The number of halogens is 1. The summed E-state index contributed by atoms with van der Waals surface area (Å²) >= 11 is 0. The smallest absolute Gasteiger partial charge is 0.164 e. The van der Waals surface area contributed by atoms with Crippen LogP contribution in [-0.4, -0.2) is 36.9 Å². The van der Waals surface area contributed by atoms with Gasteiger partial charge in [-0.1, -0.05) is 20.3 Å². The van der Waals surface area contributed by atoms with Crippen LogP contribution in [0.3, 0.4) is 0 Å². The van der Waals surface area contributed by atoms with Gasteiger partial charge in [-0.3, -0.25) is 4.79 Å². The highest BCUT2D eigenvalue weighted by Gasteiger charge is 2.12. The van der Waals surface area contributed by atoms with Crippen LogP contribution in [-0.2, 0) is 0 Å². The molecule has 1 fully saturated rings. The van der Waals surface area contributed by atoms with Gasteiger partial charge in [0.25, 0.3) is 0 Å². The Morgan fingerprint density at radius 1 is 1.13 bits per heavy atom. The molecular weight excluding hydrogens is 310 g/mol. The van der Waals surface area contributed by atoms with Crippen molar-refractivity contribution in [3.8, 4) is 5.75 Å². The number of hydrogen-bond acceptors (Lipinski definition) is 3. The summed E-state index contributed by atoms with van der Waals surface area (Å²) in [5.74, 6) is 1.74. The molecule has 1 saturated heterocycles. The number of piperidine rings is 1. The molecule has 0 unspecified atom stereocenters. The van der Waals surface area contributed by atoms with Gasteiger partial charge >= 0.3 is 0 Å². The highest BCUT2D eigenvalue weighted by molar-refractivity contribution is 5.96. The molecule has 1 aromatic rings. The molecular formula is C19H30ClNO2. The summed E-state index contributed by atoms with van der Waals surface area (Å²) in [5.41, 5.74) is 0.799. The lowest BCUT2D eigenvalue weighted by molar-refractivity contribution is 0.0958. The second-order valence-corrected chi connectivity index (χ2v) is 6.63. The van der Waals surface area contributed by atoms with Gasteiger partial charge in [0, 0.05) is 18.5 Å². The predicted molar refractivity (Wildman–Crippen MR) is 97.9 cm³/mol. The molecule has 0 N–H and O–H groups in total. The molecule has 0 aliphatic carbocycles. The molecule has 0 bridgehead atoms. The normalized spacial score (nSPS) is 15.3. The number of Topliss-reactive ketones (excluding diaryl/α,β-unsaturated/α-hetero) is 1. The number of carbonyl (C=O) groups excluding carboxylic acids is 1. The molecule has 0 amide bonds.